The van der Waals surface area contributed by atoms with E-state index in [1.165, 1.54) is 23.5 Å². The number of benzene rings is 2. The largest absolute Gasteiger partial charge is 0.416 e. The highest BCUT2D eigenvalue weighted by molar-refractivity contribution is 7.16. The number of likely N-dealkylation sites (tertiary alicyclic amines) is 1. The van der Waals surface area contributed by atoms with Crippen LogP contribution in [0, 0.1) is 0 Å². The number of nitrogens with zero attached hydrogens (tertiary/aromatic N) is 4. The van der Waals surface area contributed by atoms with E-state index >= 15 is 0 Å². The third-order valence-electron chi connectivity index (χ3n) is 8.29. The van der Waals surface area contributed by atoms with Crippen molar-refractivity contribution in [2.24, 2.45) is 5.73 Å². The second-order valence-corrected chi connectivity index (χ2v) is 12.5. The number of hydrogen-bond donors (Lipinski definition) is 2. The number of anilines is 1. The highest BCUT2D eigenvalue weighted by atomic mass is 32.1. The fourth-order valence-electron chi connectivity index (χ4n) is 5.94. The molecular formula is C33H33F3N6OS. The molecule has 0 bridgehead atoms. The number of nitrogens with one attached hydrogen (secondary N) is 1. The Bertz CT molecular complexity index is 1800. The van der Waals surface area contributed by atoms with Crippen molar-refractivity contribution in [2.45, 2.75) is 44.3 Å². The van der Waals surface area contributed by atoms with Gasteiger partial charge in [0.05, 0.1) is 21.5 Å². The topological polar surface area (TPSA) is 89.1 Å². The Hall–Kier alpha value is -4.22. The Labute approximate surface area is 257 Å². The molecular weight excluding hydrogens is 585 g/mol. The van der Waals surface area contributed by atoms with Crippen LogP contribution in [0.25, 0.3) is 27.2 Å². The van der Waals surface area contributed by atoms with Crippen molar-refractivity contribution in [3.63, 3.8) is 0 Å². The van der Waals surface area contributed by atoms with Crippen LogP contribution in [0.15, 0.2) is 73.2 Å². The molecule has 1 aliphatic heterocycles. The number of nitrogens with two attached hydrogens (primary N) is 1. The van der Waals surface area contributed by atoms with Gasteiger partial charge < -0.3 is 16.0 Å². The molecule has 1 amide bonds. The van der Waals surface area contributed by atoms with E-state index in [-0.39, 0.29) is 12.0 Å². The lowest BCUT2D eigenvalue weighted by atomic mass is 9.90. The number of thiophene rings is 1. The lowest BCUT2D eigenvalue weighted by Gasteiger charge is -2.29. The maximum absolute atomic E-state index is 13.7. The summed E-state index contributed by atoms with van der Waals surface area (Å²) in [6, 6.07) is 17.8. The van der Waals surface area contributed by atoms with Gasteiger partial charge in [0.2, 0.25) is 0 Å². The van der Waals surface area contributed by atoms with Gasteiger partial charge in [-0.1, -0.05) is 31.2 Å². The van der Waals surface area contributed by atoms with E-state index in [0.717, 1.165) is 60.0 Å². The first-order valence-corrected chi connectivity index (χ1v) is 15.4. The maximum atomic E-state index is 13.7. The Balaban J connectivity index is 1.26. The van der Waals surface area contributed by atoms with Gasteiger partial charge >= 0.3 is 6.18 Å². The molecule has 5 aromatic rings. The lowest BCUT2D eigenvalue weighted by Crippen LogP contribution is -2.36. The fourth-order valence-corrected chi connectivity index (χ4v) is 6.96. The van der Waals surface area contributed by atoms with Gasteiger partial charge in [-0.2, -0.15) is 13.2 Å². The predicted octanol–water partition coefficient (Wildman–Crippen LogP) is 7.12. The minimum absolute atomic E-state index is 0.185. The lowest BCUT2D eigenvalue weighted by molar-refractivity contribution is -0.138. The number of amides is 1. The number of pyridine rings is 1. The van der Waals surface area contributed by atoms with E-state index in [4.69, 9.17) is 5.73 Å². The van der Waals surface area contributed by atoms with Crippen molar-refractivity contribution >= 4 is 34.1 Å². The van der Waals surface area contributed by atoms with Gasteiger partial charge in [-0.15, -0.1) is 11.3 Å². The summed E-state index contributed by atoms with van der Waals surface area (Å²) in [4.78, 5) is 24.2. The molecule has 228 valence electrons. The molecule has 4 heterocycles. The Morgan fingerprint density at radius 1 is 1.07 bits per heavy atom. The first-order valence-electron chi connectivity index (χ1n) is 14.5. The van der Waals surface area contributed by atoms with Gasteiger partial charge in [0.1, 0.15) is 17.1 Å². The van der Waals surface area contributed by atoms with E-state index in [2.05, 4.69) is 33.3 Å². The third-order valence-corrected chi connectivity index (χ3v) is 9.48. The van der Waals surface area contributed by atoms with E-state index in [0.29, 0.717) is 21.5 Å². The second-order valence-electron chi connectivity index (χ2n) is 11.5. The van der Waals surface area contributed by atoms with Crippen LogP contribution in [0.1, 0.15) is 52.0 Å². The third kappa shape index (κ3) is 6.20. The molecule has 3 N–H and O–H groups in total. The molecule has 11 heteroatoms. The molecule has 1 atom stereocenters. The van der Waals surface area contributed by atoms with Crippen molar-refractivity contribution < 1.29 is 18.0 Å². The number of alkyl halides is 3. The number of carbonyl (C=O) groups excluding carboxylic acids is 1. The monoisotopic (exact) mass is 618 g/mol. The molecule has 0 radical (unpaired) electrons. The molecule has 0 saturated carbocycles. The molecule has 6 rings (SSSR count). The Morgan fingerprint density at radius 3 is 2.57 bits per heavy atom. The molecule has 0 spiro atoms. The zero-order valence-electron chi connectivity index (χ0n) is 24.4. The SMILES string of the molecule is C[C@@H](Cc1cc(-n2cnc3cc(-c4ccnc(NC5CCN(C)CC5)c4)ccc32)sc1C(N)=O)c1ccccc1C(F)(F)F. The number of hydrogen-bond acceptors (Lipinski definition) is 6. The van der Waals surface area contributed by atoms with E-state index in [9.17, 15) is 18.0 Å². The van der Waals surface area contributed by atoms with Crippen molar-refractivity contribution in [3.8, 4) is 16.1 Å². The van der Waals surface area contributed by atoms with Crippen LogP contribution in [0.4, 0.5) is 19.0 Å². The summed E-state index contributed by atoms with van der Waals surface area (Å²) in [5.74, 6) is -0.254. The van der Waals surface area contributed by atoms with Crippen molar-refractivity contribution in [1.29, 1.82) is 0 Å². The van der Waals surface area contributed by atoms with E-state index < -0.39 is 23.6 Å². The highest BCUT2D eigenvalue weighted by Gasteiger charge is 2.34. The number of primary amides is 1. The van der Waals surface area contributed by atoms with Gasteiger partial charge in [-0.3, -0.25) is 9.36 Å². The molecule has 1 fully saturated rings. The number of imidazole rings is 1. The van der Waals surface area contributed by atoms with Crippen molar-refractivity contribution in [1.82, 2.24) is 19.4 Å². The van der Waals surface area contributed by atoms with Gasteiger partial charge in [-0.25, -0.2) is 9.97 Å². The molecule has 0 aliphatic carbocycles. The summed E-state index contributed by atoms with van der Waals surface area (Å²) in [5.41, 5.74) is 9.48. The summed E-state index contributed by atoms with van der Waals surface area (Å²) in [6.07, 6.45) is 1.42. The number of halogens is 3. The average Bonchev–Trinajstić information content (AvgIpc) is 3.62. The van der Waals surface area contributed by atoms with Gasteiger partial charge in [-0.05, 0) is 104 Å². The van der Waals surface area contributed by atoms with Gasteiger partial charge in [0, 0.05) is 12.2 Å². The van der Waals surface area contributed by atoms with Crippen molar-refractivity contribution in [3.05, 3.63) is 94.8 Å². The molecule has 0 unspecified atom stereocenters. The minimum Gasteiger partial charge on any atom is -0.367 e. The Morgan fingerprint density at radius 2 is 1.82 bits per heavy atom. The number of fused-ring (bicyclic) bond motifs is 1. The van der Waals surface area contributed by atoms with Crippen LogP contribution in [-0.2, 0) is 12.6 Å². The maximum Gasteiger partial charge on any atom is 0.416 e. The molecule has 44 heavy (non-hydrogen) atoms. The average molecular weight is 619 g/mol. The van der Waals surface area contributed by atoms with Crippen LogP contribution < -0.4 is 11.1 Å². The zero-order valence-corrected chi connectivity index (χ0v) is 25.3. The fraction of sp³-hybridized carbons (Fsp3) is 0.303. The minimum atomic E-state index is -4.47. The quantitative estimate of drug-likeness (QED) is 0.193. The van der Waals surface area contributed by atoms with Crippen LogP contribution in [0.2, 0.25) is 0 Å². The first kappa shape index (κ1) is 29.8. The molecule has 3 aromatic heterocycles. The van der Waals surface area contributed by atoms with Gasteiger partial charge in [0.15, 0.2) is 0 Å². The first-order chi connectivity index (χ1) is 21.1. The normalized spacial score (nSPS) is 15.5. The summed E-state index contributed by atoms with van der Waals surface area (Å²) < 4.78 is 42.9. The van der Waals surface area contributed by atoms with E-state index in [1.54, 1.807) is 19.3 Å². The smallest absolute Gasteiger partial charge is 0.367 e. The van der Waals surface area contributed by atoms with Gasteiger partial charge in [0.25, 0.3) is 5.91 Å². The van der Waals surface area contributed by atoms with Crippen LogP contribution in [-0.4, -0.2) is 51.5 Å². The van der Waals surface area contributed by atoms with Crippen LogP contribution >= 0.6 is 11.3 Å². The number of aromatic nitrogens is 3. The van der Waals surface area contributed by atoms with Crippen molar-refractivity contribution in [2.75, 3.05) is 25.5 Å². The number of carbonyl (C=O) groups is 1. The predicted molar refractivity (Wildman–Crippen MR) is 168 cm³/mol. The highest BCUT2D eigenvalue weighted by Crippen LogP contribution is 2.38. The summed E-state index contributed by atoms with van der Waals surface area (Å²) >= 11 is 1.21. The molecule has 1 aliphatic rings. The Kier molecular flexibility index (Phi) is 8.17. The number of piperidine rings is 1. The van der Waals surface area contributed by atoms with Crippen LogP contribution in [0.5, 0.6) is 0 Å². The summed E-state index contributed by atoms with van der Waals surface area (Å²) in [5, 5.41) is 4.29. The summed E-state index contributed by atoms with van der Waals surface area (Å²) in [7, 11) is 2.14. The molecule has 1 saturated heterocycles. The standard InChI is InChI=1S/C33H33F3N6OS/c1-20(25-5-3-4-6-26(25)33(34,35)36)15-23-18-30(44-31(23)32(37)43)42-19-39-27-16-21(7-8-28(27)42)22-9-12-38-29(17-22)40-24-10-13-41(2)14-11-24/h3-9,12,16-20,24H,10-11,13-15H2,1-2H3,(H2,37,43)(H,38,40)/t20-/m0/s1. The van der Waals surface area contributed by atoms with Crippen LogP contribution in [0.3, 0.4) is 0 Å². The van der Waals surface area contributed by atoms with E-state index in [1.807, 2.05) is 41.1 Å². The second kappa shape index (κ2) is 12.0. The molecule has 7 nitrogen and oxygen atoms in total. The zero-order chi connectivity index (χ0) is 31.0. The summed E-state index contributed by atoms with van der Waals surface area (Å²) in [6.45, 7) is 3.86. The molecule has 2 aromatic carbocycles. The number of rotatable bonds is 8.